The maximum Gasteiger partial charge on any atom is 0.187 e. The average Bonchev–Trinajstić information content (AvgIpc) is 2.70. The van der Waals surface area contributed by atoms with Crippen LogP contribution in [0.2, 0.25) is 0 Å². The van der Waals surface area contributed by atoms with Gasteiger partial charge in [0.2, 0.25) is 0 Å². The van der Waals surface area contributed by atoms with Crippen LogP contribution in [0.1, 0.15) is 43.1 Å². The standard InChI is InChI=1S/C13H20N2O2/c1-9-4-6-10(7-5-9)13(16)12-11(17-3)8-14-15(12)2/h8-10H,4-7H2,1-3H3. The van der Waals surface area contributed by atoms with Crippen LogP contribution in [0.25, 0.3) is 0 Å². The van der Waals surface area contributed by atoms with Crippen molar-refractivity contribution in [2.24, 2.45) is 18.9 Å². The fourth-order valence-corrected chi connectivity index (χ4v) is 2.56. The topological polar surface area (TPSA) is 44.1 Å². The number of methoxy groups -OCH3 is 1. The maximum atomic E-state index is 12.4. The molecule has 4 nitrogen and oxygen atoms in total. The Morgan fingerprint density at radius 3 is 2.65 bits per heavy atom. The summed E-state index contributed by atoms with van der Waals surface area (Å²) in [6.45, 7) is 2.26. The number of nitrogens with zero attached hydrogens (tertiary/aromatic N) is 2. The molecule has 1 aliphatic carbocycles. The van der Waals surface area contributed by atoms with E-state index in [4.69, 9.17) is 4.74 Å². The van der Waals surface area contributed by atoms with Gasteiger partial charge in [-0.2, -0.15) is 5.10 Å². The summed E-state index contributed by atoms with van der Waals surface area (Å²) in [5.74, 6) is 1.69. The van der Waals surface area contributed by atoms with Gasteiger partial charge in [-0.05, 0) is 18.8 Å². The monoisotopic (exact) mass is 236 g/mol. The molecule has 94 valence electrons. The van der Waals surface area contributed by atoms with Gasteiger partial charge in [0.25, 0.3) is 0 Å². The molecule has 0 N–H and O–H groups in total. The summed E-state index contributed by atoms with van der Waals surface area (Å²) < 4.78 is 6.82. The second-order valence-corrected chi connectivity index (χ2v) is 5.01. The summed E-state index contributed by atoms with van der Waals surface area (Å²) >= 11 is 0. The molecule has 0 saturated heterocycles. The number of rotatable bonds is 3. The summed E-state index contributed by atoms with van der Waals surface area (Å²) in [6.07, 6.45) is 5.90. The Morgan fingerprint density at radius 2 is 2.06 bits per heavy atom. The van der Waals surface area contributed by atoms with Crippen molar-refractivity contribution in [3.8, 4) is 5.75 Å². The third-order valence-corrected chi connectivity index (χ3v) is 3.75. The van der Waals surface area contributed by atoms with E-state index in [2.05, 4.69) is 12.0 Å². The van der Waals surface area contributed by atoms with Crippen molar-refractivity contribution < 1.29 is 9.53 Å². The van der Waals surface area contributed by atoms with Crippen LogP contribution in [0.15, 0.2) is 6.20 Å². The largest absolute Gasteiger partial charge is 0.493 e. The summed E-state index contributed by atoms with van der Waals surface area (Å²) in [4.78, 5) is 12.4. The first-order chi connectivity index (χ1) is 8.13. The highest BCUT2D eigenvalue weighted by Gasteiger charge is 2.29. The second kappa shape index (κ2) is 4.90. The van der Waals surface area contributed by atoms with Crippen molar-refractivity contribution in [2.75, 3.05) is 7.11 Å². The van der Waals surface area contributed by atoms with E-state index in [1.165, 1.54) is 0 Å². The molecule has 1 aliphatic rings. The highest BCUT2D eigenvalue weighted by Crippen LogP contribution is 2.32. The molecule has 0 aromatic carbocycles. The van der Waals surface area contributed by atoms with E-state index >= 15 is 0 Å². The highest BCUT2D eigenvalue weighted by molar-refractivity contribution is 5.98. The Morgan fingerprint density at radius 1 is 1.41 bits per heavy atom. The van der Waals surface area contributed by atoms with Gasteiger partial charge in [-0.3, -0.25) is 9.48 Å². The number of aromatic nitrogens is 2. The summed E-state index contributed by atoms with van der Waals surface area (Å²) in [6, 6.07) is 0. The molecule has 1 saturated carbocycles. The van der Waals surface area contributed by atoms with Gasteiger partial charge in [-0.1, -0.05) is 19.8 Å². The summed E-state index contributed by atoms with van der Waals surface area (Å²) in [7, 11) is 3.37. The van der Waals surface area contributed by atoms with E-state index in [-0.39, 0.29) is 11.7 Å². The molecule has 0 atom stereocenters. The van der Waals surface area contributed by atoms with Crippen LogP contribution in [0.3, 0.4) is 0 Å². The third-order valence-electron chi connectivity index (χ3n) is 3.75. The van der Waals surface area contributed by atoms with E-state index in [1.807, 2.05) is 0 Å². The SMILES string of the molecule is COc1cnn(C)c1C(=O)C1CCC(C)CC1. The summed E-state index contributed by atoms with van der Waals surface area (Å²) in [5, 5.41) is 4.09. The number of ketones is 1. The number of aryl methyl sites for hydroxylation is 1. The zero-order chi connectivity index (χ0) is 12.4. The van der Waals surface area contributed by atoms with Crippen LogP contribution in [0.5, 0.6) is 5.75 Å². The molecule has 17 heavy (non-hydrogen) atoms. The molecule has 1 aromatic heterocycles. The van der Waals surface area contributed by atoms with Crippen LogP contribution < -0.4 is 4.74 Å². The quantitative estimate of drug-likeness (QED) is 0.757. The number of ether oxygens (including phenoxy) is 1. The number of carbonyl (C=O) groups is 1. The van der Waals surface area contributed by atoms with Crippen molar-refractivity contribution in [1.82, 2.24) is 9.78 Å². The van der Waals surface area contributed by atoms with Crippen LogP contribution in [-0.2, 0) is 7.05 Å². The van der Waals surface area contributed by atoms with Gasteiger partial charge in [-0.25, -0.2) is 0 Å². The number of Topliss-reactive ketones (excluding diaryl/α,β-unsaturated/α-hetero) is 1. The molecule has 0 radical (unpaired) electrons. The number of hydrogen-bond acceptors (Lipinski definition) is 3. The van der Waals surface area contributed by atoms with Crippen molar-refractivity contribution >= 4 is 5.78 Å². The lowest BCUT2D eigenvalue weighted by Gasteiger charge is -2.25. The zero-order valence-electron chi connectivity index (χ0n) is 10.8. The fourth-order valence-electron chi connectivity index (χ4n) is 2.56. The molecule has 4 heteroatoms. The molecule has 0 aliphatic heterocycles. The predicted molar refractivity (Wildman–Crippen MR) is 65.2 cm³/mol. The molecule has 0 amide bonds. The van der Waals surface area contributed by atoms with E-state index in [1.54, 1.807) is 25.0 Å². The lowest BCUT2D eigenvalue weighted by molar-refractivity contribution is 0.0862. The van der Waals surface area contributed by atoms with Gasteiger partial charge in [0.1, 0.15) is 5.69 Å². The maximum absolute atomic E-state index is 12.4. The molecular formula is C13H20N2O2. The van der Waals surface area contributed by atoms with Gasteiger partial charge < -0.3 is 4.74 Å². The van der Waals surface area contributed by atoms with Crippen LogP contribution >= 0.6 is 0 Å². The van der Waals surface area contributed by atoms with Crippen molar-refractivity contribution in [1.29, 1.82) is 0 Å². The third kappa shape index (κ3) is 2.35. The lowest BCUT2D eigenvalue weighted by atomic mass is 9.80. The zero-order valence-corrected chi connectivity index (χ0v) is 10.8. The molecule has 1 heterocycles. The van der Waals surface area contributed by atoms with Gasteiger partial charge in [0.05, 0.1) is 13.3 Å². The summed E-state index contributed by atoms with van der Waals surface area (Å²) in [5.41, 5.74) is 0.618. The van der Waals surface area contributed by atoms with E-state index in [0.29, 0.717) is 11.4 Å². The fraction of sp³-hybridized carbons (Fsp3) is 0.692. The molecule has 1 aromatic rings. The Bertz CT molecular complexity index is 404. The normalized spacial score (nSPS) is 24.6. The van der Waals surface area contributed by atoms with Gasteiger partial charge in [0.15, 0.2) is 11.5 Å². The van der Waals surface area contributed by atoms with Crippen LogP contribution in [0, 0.1) is 11.8 Å². The minimum atomic E-state index is 0.149. The first-order valence-corrected chi connectivity index (χ1v) is 6.23. The molecule has 2 rings (SSSR count). The van der Waals surface area contributed by atoms with Crippen molar-refractivity contribution in [2.45, 2.75) is 32.6 Å². The first kappa shape index (κ1) is 12.1. The Balaban J connectivity index is 2.16. The second-order valence-electron chi connectivity index (χ2n) is 5.01. The smallest absolute Gasteiger partial charge is 0.187 e. The van der Waals surface area contributed by atoms with Gasteiger partial charge >= 0.3 is 0 Å². The van der Waals surface area contributed by atoms with E-state index in [9.17, 15) is 4.79 Å². The van der Waals surface area contributed by atoms with Gasteiger partial charge in [0, 0.05) is 13.0 Å². The molecule has 0 unspecified atom stereocenters. The Labute approximate surface area is 102 Å². The minimum Gasteiger partial charge on any atom is -0.493 e. The Kier molecular flexibility index (Phi) is 3.50. The number of hydrogen-bond donors (Lipinski definition) is 0. The van der Waals surface area contributed by atoms with Crippen LogP contribution in [-0.4, -0.2) is 22.7 Å². The molecule has 1 fully saturated rings. The molecule has 0 bridgehead atoms. The van der Waals surface area contributed by atoms with E-state index in [0.717, 1.165) is 31.6 Å². The lowest BCUT2D eigenvalue weighted by Crippen LogP contribution is -2.23. The Hall–Kier alpha value is -1.32. The van der Waals surface area contributed by atoms with Crippen molar-refractivity contribution in [3.05, 3.63) is 11.9 Å². The van der Waals surface area contributed by atoms with Crippen molar-refractivity contribution in [3.63, 3.8) is 0 Å². The average molecular weight is 236 g/mol. The molecular weight excluding hydrogens is 216 g/mol. The highest BCUT2D eigenvalue weighted by atomic mass is 16.5. The molecule has 0 spiro atoms. The number of carbonyl (C=O) groups excluding carboxylic acids is 1. The predicted octanol–water partition coefficient (Wildman–Crippen LogP) is 2.44. The van der Waals surface area contributed by atoms with Crippen LogP contribution in [0.4, 0.5) is 0 Å². The minimum absolute atomic E-state index is 0.149. The van der Waals surface area contributed by atoms with Gasteiger partial charge in [-0.15, -0.1) is 0 Å². The van der Waals surface area contributed by atoms with E-state index < -0.39 is 0 Å². The first-order valence-electron chi connectivity index (χ1n) is 6.23.